The molecule has 0 unspecified atom stereocenters. The van der Waals surface area contributed by atoms with E-state index in [9.17, 15) is 9.59 Å². The lowest BCUT2D eigenvalue weighted by Crippen LogP contribution is -2.27. The Bertz CT molecular complexity index is 968. The first-order chi connectivity index (χ1) is 12.1. The SMILES string of the molecule is CCCNC(=O)CSc1nc2ccsc2c(=O)n1-c1ccccc1Cl. The Kier molecular flexibility index (Phi) is 5.78. The van der Waals surface area contributed by atoms with Crippen molar-refractivity contribution in [2.45, 2.75) is 18.5 Å². The molecule has 1 aromatic carbocycles. The number of nitrogens with one attached hydrogen (secondary N) is 1. The number of aromatic nitrogens is 2. The first-order valence-electron chi connectivity index (χ1n) is 7.76. The summed E-state index contributed by atoms with van der Waals surface area (Å²) in [6.45, 7) is 2.63. The summed E-state index contributed by atoms with van der Waals surface area (Å²) in [5, 5.41) is 5.57. The molecule has 0 atom stereocenters. The smallest absolute Gasteiger partial charge is 0.276 e. The van der Waals surface area contributed by atoms with Crippen LogP contribution in [0, 0.1) is 0 Å². The van der Waals surface area contributed by atoms with E-state index in [2.05, 4.69) is 10.3 Å². The molecule has 0 radical (unpaired) electrons. The first-order valence-corrected chi connectivity index (χ1v) is 10.0. The van der Waals surface area contributed by atoms with Crippen LogP contribution in [-0.2, 0) is 4.79 Å². The van der Waals surface area contributed by atoms with Gasteiger partial charge in [0.05, 0.1) is 22.0 Å². The maximum Gasteiger partial charge on any atom is 0.276 e. The minimum atomic E-state index is -0.176. The first kappa shape index (κ1) is 18.0. The van der Waals surface area contributed by atoms with Crippen molar-refractivity contribution in [1.29, 1.82) is 0 Å². The molecule has 0 aliphatic carbocycles. The highest BCUT2D eigenvalue weighted by Gasteiger charge is 2.17. The van der Waals surface area contributed by atoms with E-state index in [4.69, 9.17) is 11.6 Å². The minimum absolute atomic E-state index is 0.0859. The number of hydrogen-bond donors (Lipinski definition) is 1. The van der Waals surface area contributed by atoms with Crippen LogP contribution in [0.4, 0.5) is 0 Å². The van der Waals surface area contributed by atoms with E-state index in [1.54, 1.807) is 24.3 Å². The van der Waals surface area contributed by atoms with E-state index in [0.717, 1.165) is 6.42 Å². The average molecular weight is 394 g/mol. The normalized spacial score (nSPS) is 11.0. The lowest BCUT2D eigenvalue weighted by atomic mass is 10.3. The molecule has 0 bridgehead atoms. The lowest BCUT2D eigenvalue weighted by molar-refractivity contribution is -0.118. The second-order valence-corrected chi connectivity index (χ2v) is 7.53. The molecule has 0 aliphatic rings. The molecule has 8 heteroatoms. The molecule has 2 aromatic heterocycles. The van der Waals surface area contributed by atoms with Gasteiger partial charge in [0.15, 0.2) is 5.16 Å². The number of hydrogen-bond acceptors (Lipinski definition) is 5. The number of amides is 1. The maximum atomic E-state index is 12.9. The molecule has 3 rings (SSSR count). The van der Waals surface area contributed by atoms with Crippen LogP contribution in [0.1, 0.15) is 13.3 Å². The molecule has 0 saturated carbocycles. The van der Waals surface area contributed by atoms with Crippen LogP contribution in [0.3, 0.4) is 0 Å². The average Bonchev–Trinajstić information content (AvgIpc) is 3.08. The molecule has 1 amide bonds. The van der Waals surface area contributed by atoms with Gasteiger partial charge in [0.1, 0.15) is 4.70 Å². The van der Waals surface area contributed by atoms with Gasteiger partial charge in [0, 0.05) is 6.54 Å². The van der Waals surface area contributed by atoms with Crippen molar-refractivity contribution < 1.29 is 4.79 Å². The second-order valence-electron chi connectivity index (χ2n) is 5.26. The van der Waals surface area contributed by atoms with Crippen molar-refractivity contribution in [3.63, 3.8) is 0 Å². The second kappa shape index (κ2) is 8.03. The monoisotopic (exact) mass is 393 g/mol. The molecule has 25 heavy (non-hydrogen) atoms. The van der Waals surface area contributed by atoms with E-state index >= 15 is 0 Å². The van der Waals surface area contributed by atoms with E-state index in [1.807, 2.05) is 18.4 Å². The molecule has 5 nitrogen and oxygen atoms in total. The fourth-order valence-corrected chi connectivity index (χ4v) is 4.10. The summed E-state index contributed by atoms with van der Waals surface area (Å²) < 4.78 is 2.05. The van der Waals surface area contributed by atoms with Crippen molar-refractivity contribution in [3.8, 4) is 5.69 Å². The van der Waals surface area contributed by atoms with Crippen molar-refractivity contribution >= 4 is 50.8 Å². The standard InChI is InChI=1S/C17H16ClN3O2S2/c1-2-8-19-14(22)10-25-17-20-12-7-9-24-15(12)16(23)21(17)13-6-4-3-5-11(13)18/h3-7,9H,2,8,10H2,1H3,(H,19,22). The molecular weight excluding hydrogens is 378 g/mol. The third-order valence-corrected chi connectivity index (χ3v) is 5.60. The maximum absolute atomic E-state index is 12.9. The van der Waals surface area contributed by atoms with Crippen molar-refractivity contribution in [1.82, 2.24) is 14.9 Å². The molecule has 130 valence electrons. The van der Waals surface area contributed by atoms with Crippen LogP contribution in [0.5, 0.6) is 0 Å². The fourth-order valence-electron chi connectivity index (χ4n) is 2.28. The number of nitrogens with zero attached hydrogens (tertiary/aromatic N) is 2. The Morgan fingerprint density at radius 2 is 2.16 bits per heavy atom. The summed E-state index contributed by atoms with van der Waals surface area (Å²) in [6, 6.07) is 8.92. The summed E-state index contributed by atoms with van der Waals surface area (Å²) in [5.41, 5.74) is 1.02. The predicted molar refractivity (Wildman–Crippen MR) is 104 cm³/mol. The quantitative estimate of drug-likeness (QED) is 0.512. The van der Waals surface area contributed by atoms with Crippen molar-refractivity contribution in [3.05, 3.63) is 51.1 Å². The molecule has 0 spiro atoms. The summed E-state index contributed by atoms with van der Waals surface area (Å²) >= 11 is 8.86. The van der Waals surface area contributed by atoms with Gasteiger partial charge in [-0.15, -0.1) is 11.3 Å². The topological polar surface area (TPSA) is 64.0 Å². The zero-order chi connectivity index (χ0) is 17.8. The van der Waals surface area contributed by atoms with Crippen molar-refractivity contribution in [2.24, 2.45) is 0 Å². The van der Waals surface area contributed by atoms with Gasteiger partial charge in [-0.2, -0.15) is 0 Å². The van der Waals surface area contributed by atoms with E-state index in [1.165, 1.54) is 27.7 Å². The zero-order valence-electron chi connectivity index (χ0n) is 13.5. The summed E-state index contributed by atoms with van der Waals surface area (Å²) in [7, 11) is 0. The molecule has 2 heterocycles. The number of rotatable bonds is 6. The molecule has 0 fully saturated rings. The number of thiophene rings is 1. The highest BCUT2D eigenvalue weighted by molar-refractivity contribution is 7.99. The number of benzene rings is 1. The van der Waals surface area contributed by atoms with Gasteiger partial charge in [0.2, 0.25) is 5.91 Å². The van der Waals surface area contributed by atoms with Crippen LogP contribution >= 0.6 is 34.7 Å². The van der Waals surface area contributed by atoms with Gasteiger partial charge in [-0.3, -0.25) is 14.2 Å². The highest BCUT2D eigenvalue weighted by Crippen LogP contribution is 2.26. The van der Waals surface area contributed by atoms with Crippen LogP contribution < -0.4 is 10.9 Å². The van der Waals surface area contributed by atoms with Gasteiger partial charge in [0.25, 0.3) is 5.56 Å². The van der Waals surface area contributed by atoms with Crippen LogP contribution in [0.15, 0.2) is 45.7 Å². The number of carbonyl (C=O) groups is 1. The summed E-state index contributed by atoms with van der Waals surface area (Å²) in [4.78, 5) is 29.4. The molecular formula is C17H16ClN3O2S2. The van der Waals surface area contributed by atoms with E-state index < -0.39 is 0 Å². The third kappa shape index (κ3) is 3.89. The van der Waals surface area contributed by atoms with Crippen LogP contribution in [0.2, 0.25) is 5.02 Å². The number of carbonyl (C=O) groups excluding carboxylic acids is 1. The summed E-state index contributed by atoms with van der Waals surface area (Å²) in [5.74, 6) is 0.101. The molecule has 0 aliphatic heterocycles. The minimum Gasteiger partial charge on any atom is -0.355 e. The molecule has 0 saturated heterocycles. The lowest BCUT2D eigenvalue weighted by Gasteiger charge is -2.13. The number of thioether (sulfide) groups is 1. The largest absolute Gasteiger partial charge is 0.355 e. The Morgan fingerprint density at radius 1 is 1.36 bits per heavy atom. The summed E-state index contributed by atoms with van der Waals surface area (Å²) in [6.07, 6.45) is 0.875. The molecule has 3 aromatic rings. The van der Waals surface area contributed by atoms with Gasteiger partial charge in [-0.1, -0.05) is 42.4 Å². The van der Waals surface area contributed by atoms with Gasteiger partial charge < -0.3 is 5.32 Å². The zero-order valence-corrected chi connectivity index (χ0v) is 15.9. The van der Waals surface area contributed by atoms with Crippen LogP contribution in [-0.4, -0.2) is 27.8 Å². The highest BCUT2D eigenvalue weighted by atomic mass is 35.5. The van der Waals surface area contributed by atoms with Gasteiger partial charge in [-0.25, -0.2) is 4.98 Å². The van der Waals surface area contributed by atoms with E-state index in [-0.39, 0.29) is 17.2 Å². The van der Waals surface area contributed by atoms with Gasteiger partial charge >= 0.3 is 0 Å². The van der Waals surface area contributed by atoms with E-state index in [0.29, 0.717) is 32.6 Å². The van der Waals surface area contributed by atoms with Crippen LogP contribution in [0.25, 0.3) is 15.9 Å². The fraction of sp³-hybridized carbons (Fsp3) is 0.235. The predicted octanol–water partition coefficient (Wildman–Crippen LogP) is 3.72. The van der Waals surface area contributed by atoms with Gasteiger partial charge in [-0.05, 0) is 30.0 Å². The van der Waals surface area contributed by atoms with Crippen molar-refractivity contribution in [2.75, 3.05) is 12.3 Å². The third-order valence-electron chi connectivity index (χ3n) is 3.45. The Labute approximate surface area is 158 Å². The Hall–Kier alpha value is -1.83. The Balaban J connectivity index is 2.04. The number of halogens is 1. The Morgan fingerprint density at radius 3 is 2.92 bits per heavy atom. The number of fused-ring (bicyclic) bond motifs is 1. The molecule has 1 N–H and O–H groups in total. The number of para-hydroxylation sites is 1.